The molecule has 0 unspecified atom stereocenters. The zero-order valence-electron chi connectivity index (χ0n) is 18.3. The van der Waals surface area contributed by atoms with Crippen LogP contribution >= 0.6 is 15.9 Å². The Labute approximate surface area is 201 Å². The van der Waals surface area contributed by atoms with E-state index in [2.05, 4.69) is 40.3 Å². The van der Waals surface area contributed by atoms with Crippen LogP contribution in [0.15, 0.2) is 71.2 Å². The van der Waals surface area contributed by atoms with E-state index in [1.807, 2.05) is 24.3 Å². The van der Waals surface area contributed by atoms with Crippen LogP contribution in [0.4, 0.5) is 11.4 Å². The van der Waals surface area contributed by atoms with E-state index < -0.39 is 0 Å². The lowest BCUT2D eigenvalue weighted by atomic mass is 10.1. The second kappa shape index (κ2) is 10.5. The molecule has 33 heavy (non-hydrogen) atoms. The van der Waals surface area contributed by atoms with Gasteiger partial charge in [-0.1, -0.05) is 31.2 Å². The van der Waals surface area contributed by atoms with Gasteiger partial charge in [0.2, 0.25) is 0 Å². The van der Waals surface area contributed by atoms with Gasteiger partial charge in [0.15, 0.2) is 6.61 Å². The molecule has 2 amide bonds. The molecular formula is C26H25BrN2O4. The molecule has 6 nitrogen and oxygen atoms in total. The topological polar surface area (TPSA) is 67.9 Å². The summed E-state index contributed by atoms with van der Waals surface area (Å²) < 4.78 is 12.1. The number of aryl methyl sites for hydroxylation is 1. The van der Waals surface area contributed by atoms with Gasteiger partial charge in [0.1, 0.15) is 11.5 Å². The lowest BCUT2D eigenvalue weighted by molar-refractivity contribution is -0.121. The molecule has 0 fully saturated rings. The van der Waals surface area contributed by atoms with Gasteiger partial charge in [-0.3, -0.25) is 9.59 Å². The van der Waals surface area contributed by atoms with E-state index in [4.69, 9.17) is 9.47 Å². The molecule has 0 radical (unpaired) electrons. The van der Waals surface area contributed by atoms with Crippen LogP contribution < -0.4 is 19.7 Å². The Kier molecular flexibility index (Phi) is 7.29. The Morgan fingerprint density at radius 3 is 2.67 bits per heavy atom. The maximum atomic E-state index is 12.7. The Morgan fingerprint density at radius 2 is 1.91 bits per heavy atom. The number of carbonyl (C=O) groups is 2. The summed E-state index contributed by atoms with van der Waals surface area (Å²) in [7, 11) is 0. The largest absolute Gasteiger partial charge is 0.494 e. The molecule has 0 atom stereocenters. The van der Waals surface area contributed by atoms with E-state index in [1.54, 1.807) is 35.2 Å². The van der Waals surface area contributed by atoms with E-state index >= 15 is 0 Å². The number of hydrogen-bond donors (Lipinski definition) is 1. The SMILES string of the molecule is CCc1ccc(OCCCN2C(=O)COc3ccc(NC(=O)c4ccccc4Br)cc32)cc1. The minimum Gasteiger partial charge on any atom is -0.494 e. The number of ether oxygens (including phenoxy) is 2. The van der Waals surface area contributed by atoms with Crippen molar-refractivity contribution in [2.45, 2.75) is 19.8 Å². The average molecular weight is 509 g/mol. The molecule has 0 saturated heterocycles. The third-order valence-electron chi connectivity index (χ3n) is 5.40. The van der Waals surface area contributed by atoms with Crippen LogP contribution in [-0.2, 0) is 11.2 Å². The molecule has 1 N–H and O–H groups in total. The first kappa shape index (κ1) is 22.9. The first-order valence-electron chi connectivity index (χ1n) is 10.9. The fourth-order valence-corrected chi connectivity index (χ4v) is 4.07. The minimum absolute atomic E-state index is 0.00496. The second-order valence-electron chi connectivity index (χ2n) is 7.65. The summed E-state index contributed by atoms with van der Waals surface area (Å²) in [6.07, 6.45) is 1.65. The van der Waals surface area contributed by atoms with Crippen molar-refractivity contribution in [2.24, 2.45) is 0 Å². The molecule has 1 heterocycles. The number of fused-ring (bicyclic) bond motifs is 1. The predicted octanol–water partition coefficient (Wildman–Crippen LogP) is 5.46. The number of carbonyl (C=O) groups excluding carboxylic acids is 2. The summed E-state index contributed by atoms with van der Waals surface area (Å²) in [5.74, 6) is 1.08. The van der Waals surface area contributed by atoms with Crippen LogP contribution in [0, 0.1) is 0 Å². The molecule has 170 valence electrons. The third-order valence-corrected chi connectivity index (χ3v) is 6.10. The Balaban J connectivity index is 1.41. The zero-order valence-corrected chi connectivity index (χ0v) is 19.9. The summed E-state index contributed by atoms with van der Waals surface area (Å²) in [4.78, 5) is 26.9. The van der Waals surface area contributed by atoms with E-state index in [1.165, 1.54) is 5.56 Å². The highest BCUT2D eigenvalue weighted by Crippen LogP contribution is 2.35. The number of amides is 2. The normalized spacial score (nSPS) is 12.7. The molecule has 1 aliphatic rings. The lowest BCUT2D eigenvalue weighted by Crippen LogP contribution is -2.39. The number of benzene rings is 3. The van der Waals surface area contributed by atoms with Crippen LogP contribution in [0.5, 0.6) is 11.5 Å². The number of anilines is 2. The Bertz CT molecular complexity index is 1150. The van der Waals surface area contributed by atoms with Crippen molar-refractivity contribution in [3.8, 4) is 11.5 Å². The van der Waals surface area contributed by atoms with E-state index in [0.29, 0.717) is 46.7 Å². The van der Waals surface area contributed by atoms with Crippen molar-refractivity contribution < 1.29 is 19.1 Å². The first-order chi connectivity index (χ1) is 16.0. The van der Waals surface area contributed by atoms with Crippen LogP contribution in [0.1, 0.15) is 29.3 Å². The summed E-state index contributed by atoms with van der Waals surface area (Å²) >= 11 is 3.40. The molecule has 0 aliphatic carbocycles. The standard InChI is InChI=1S/C26H25BrN2O4/c1-2-18-8-11-20(12-9-18)32-15-5-14-29-23-16-19(10-13-24(23)33-17-25(29)30)28-26(31)21-6-3-4-7-22(21)27/h3-4,6-13,16H,2,5,14-15,17H2,1H3,(H,28,31). The van der Waals surface area contributed by atoms with Crippen molar-refractivity contribution in [2.75, 3.05) is 30.0 Å². The van der Waals surface area contributed by atoms with Gasteiger partial charge in [0.05, 0.1) is 17.9 Å². The van der Waals surface area contributed by atoms with Gasteiger partial charge in [-0.2, -0.15) is 0 Å². The minimum atomic E-state index is -0.237. The number of halogens is 1. The van der Waals surface area contributed by atoms with Gasteiger partial charge in [-0.05, 0) is 76.8 Å². The van der Waals surface area contributed by atoms with E-state index in [9.17, 15) is 9.59 Å². The van der Waals surface area contributed by atoms with Crippen molar-refractivity contribution in [1.29, 1.82) is 0 Å². The van der Waals surface area contributed by atoms with Crippen LogP contribution in [0.3, 0.4) is 0 Å². The average Bonchev–Trinajstić information content (AvgIpc) is 2.83. The number of nitrogens with zero attached hydrogens (tertiary/aromatic N) is 1. The maximum Gasteiger partial charge on any atom is 0.265 e. The molecule has 0 saturated carbocycles. The van der Waals surface area contributed by atoms with Gasteiger partial charge >= 0.3 is 0 Å². The molecule has 0 bridgehead atoms. The van der Waals surface area contributed by atoms with Gasteiger partial charge < -0.3 is 19.7 Å². The van der Waals surface area contributed by atoms with Gasteiger partial charge in [0, 0.05) is 16.7 Å². The molecule has 3 aromatic rings. The van der Waals surface area contributed by atoms with Crippen LogP contribution in [-0.4, -0.2) is 31.6 Å². The van der Waals surface area contributed by atoms with Crippen molar-refractivity contribution in [3.63, 3.8) is 0 Å². The smallest absolute Gasteiger partial charge is 0.265 e. The quantitative estimate of drug-likeness (QED) is 0.410. The van der Waals surface area contributed by atoms with Crippen molar-refractivity contribution in [1.82, 2.24) is 0 Å². The Hall–Kier alpha value is -3.32. The zero-order chi connectivity index (χ0) is 23.2. The van der Waals surface area contributed by atoms with Crippen molar-refractivity contribution in [3.05, 3.63) is 82.3 Å². The molecule has 1 aliphatic heterocycles. The summed E-state index contributed by atoms with van der Waals surface area (Å²) in [5, 5.41) is 2.90. The molecule has 7 heteroatoms. The monoisotopic (exact) mass is 508 g/mol. The first-order valence-corrected chi connectivity index (χ1v) is 11.7. The Morgan fingerprint density at radius 1 is 1.12 bits per heavy atom. The fourth-order valence-electron chi connectivity index (χ4n) is 3.60. The van der Waals surface area contributed by atoms with Gasteiger partial charge in [-0.15, -0.1) is 0 Å². The number of nitrogens with one attached hydrogen (secondary N) is 1. The number of rotatable bonds is 8. The second-order valence-corrected chi connectivity index (χ2v) is 8.50. The highest BCUT2D eigenvalue weighted by Gasteiger charge is 2.26. The highest BCUT2D eigenvalue weighted by molar-refractivity contribution is 9.10. The highest BCUT2D eigenvalue weighted by atomic mass is 79.9. The predicted molar refractivity (Wildman–Crippen MR) is 132 cm³/mol. The molecule has 3 aromatic carbocycles. The molecule has 0 spiro atoms. The molecule has 0 aromatic heterocycles. The van der Waals surface area contributed by atoms with Crippen molar-refractivity contribution >= 4 is 39.1 Å². The summed E-state index contributed by atoms with van der Waals surface area (Å²) in [6, 6.07) is 20.6. The van der Waals surface area contributed by atoms with Gasteiger partial charge in [0.25, 0.3) is 11.8 Å². The fraction of sp³-hybridized carbons (Fsp3) is 0.231. The summed E-state index contributed by atoms with van der Waals surface area (Å²) in [6.45, 7) is 3.09. The van der Waals surface area contributed by atoms with Crippen LogP contribution in [0.2, 0.25) is 0 Å². The molecule has 4 rings (SSSR count). The molecular weight excluding hydrogens is 484 g/mol. The third kappa shape index (κ3) is 5.54. The lowest BCUT2D eigenvalue weighted by Gasteiger charge is -2.30. The van der Waals surface area contributed by atoms with E-state index in [-0.39, 0.29) is 18.4 Å². The summed E-state index contributed by atoms with van der Waals surface area (Å²) in [5.41, 5.74) is 3.03. The van der Waals surface area contributed by atoms with E-state index in [0.717, 1.165) is 12.2 Å². The maximum absolute atomic E-state index is 12.7. The number of hydrogen-bond acceptors (Lipinski definition) is 4. The van der Waals surface area contributed by atoms with Gasteiger partial charge in [-0.25, -0.2) is 0 Å². The van der Waals surface area contributed by atoms with Crippen LogP contribution in [0.25, 0.3) is 0 Å².